The highest BCUT2D eigenvalue weighted by Gasteiger charge is 2.49. The van der Waals surface area contributed by atoms with Crippen LogP contribution in [0.3, 0.4) is 0 Å². The van der Waals surface area contributed by atoms with E-state index in [1.807, 2.05) is 0 Å². The van der Waals surface area contributed by atoms with Crippen LogP contribution in [-0.2, 0) is 11.3 Å². The summed E-state index contributed by atoms with van der Waals surface area (Å²) in [5.41, 5.74) is 0.765. The van der Waals surface area contributed by atoms with Gasteiger partial charge in [-0.3, -0.25) is 14.7 Å². The summed E-state index contributed by atoms with van der Waals surface area (Å²) < 4.78 is 43.0. The molecule has 0 fully saturated rings. The van der Waals surface area contributed by atoms with Gasteiger partial charge in [-0.05, 0) is 17.7 Å². The number of alkyl halides is 4. The fraction of sp³-hybridized carbons (Fsp3) is 0.385. The van der Waals surface area contributed by atoms with E-state index in [2.05, 4.69) is 20.9 Å². The standard InChI is InChI=1S/C13H12BrF3N2O2/c1-21-9-4-2-8(3-5-9)6-19-7-18-11(13(15,16)17)10(14)12(19)20/h2-5,7,10-11H,6H2,1H3. The zero-order valence-corrected chi connectivity index (χ0v) is 12.6. The zero-order chi connectivity index (χ0) is 15.6. The van der Waals surface area contributed by atoms with E-state index in [1.165, 1.54) is 7.11 Å². The van der Waals surface area contributed by atoms with E-state index < -0.39 is 23.0 Å². The molecule has 1 amide bonds. The van der Waals surface area contributed by atoms with Crippen molar-refractivity contribution in [3.63, 3.8) is 0 Å². The Bertz CT molecular complexity index is 545. The quantitative estimate of drug-likeness (QED) is 0.774. The summed E-state index contributed by atoms with van der Waals surface area (Å²) in [7, 11) is 1.53. The van der Waals surface area contributed by atoms with Crippen LogP contribution < -0.4 is 4.74 Å². The van der Waals surface area contributed by atoms with Crippen LogP contribution in [0.15, 0.2) is 29.3 Å². The molecule has 4 nitrogen and oxygen atoms in total. The van der Waals surface area contributed by atoms with Gasteiger partial charge in [0.25, 0.3) is 0 Å². The minimum Gasteiger partial charge on any atom is -0.497 e. The van der Waals surface area contributed by atoms with Crippen molar-refractivity contribution in [2.75, 3.05) is 7.11 Å². The Morgan fingerprint density at radius 3 is 2.48 bits per heavy atom. The molecular weight excluding hydrogens is 353 g/mol. The lowest BCUT2D eigenvalue weighted by Gasteiger charge is -2.30. The smallest absolute Gasteiger partial charge is 0.412 e. The van der Waals surface area contributed by atoms with Gasteiger partial charge in [-0.2, -0.15) is 13.2 Å². The highest BCUT2D eigenvalue weighted by molar-refractivity contribution is 9.10. The first kappa shape index (κ1) is 15.8. The Balaban J connectivity index is 2.12. The van der Waals surface area contributed by atoms with Crippen molar-refractivity contribution >= 4 is 28.2 Å². The predicted octanol–water partition coefficient (Wildman–Crippen LogP) is 2.76. The van der Waals surface area contributed by atoms with Gasteiger partial charge >= 0.3 is 6.18 Å². The van der Waals surface area contributed by atoms with Crippen molar-refractivity contribution in [3.8, 4) is 5.75 Å². The maximum atomic E-state index is 12.7. The van der Waals surface area contributed by atoms with Gasteiger partial charge in [0.05, 0.1) is 20.0 Å². The summed E-state index contributed by atoms with van der Waals surface area (Å²) >= 11 is 2.79. The lowest BCUT2D eigenvalue weighted by atomic mass is 10.1. The molecule has 2 rings (SSSR count). The van der Waals surface area contributed by atoms with Gasteiger partial charge in [0, 0.05) is 0 Å². The van der Waals surface area contributed by atoms with Crippen LogP contribution in [-0.4, -0.2) is 41.3 Å². The van der Waals surface area contributed by atoms with Crippen LogP contribution >= 0.6 is 15.9 Å². The SMILES string of the molecule is COc1ccc(CN2C=NC(C(F)(F)F)C(Br)C2=O)cc1. The molecule has 1 aromatic rings. The fourth-order valence-corrected chi connectivity index (χ4v) is 2.57. The topological polar surface area (TPSA) is 41.9 Å². The number of hydrogen-bond acceptors (Lipinski definition) is 3. The molecule has 114 valence electrons. The molecule has 1 heterocycles. The molecule has 0 spiro atoms. The molecule has 0 aromatic heterocycles. The monoisotopic (exact) mass is 364 g/mol. The van der Waals surface area contributed by atoms with Crippen LogP contribution in [0.1, 0.15) is 5.56 Å². The third-order valence-corrected chi connectivity index (χ3v) is 3.90. The van der Waals surface area contributed by atoms with E-state index >= 15 is 0 Å². The van der Waals surface area contributed by atoms with Crippen LogP contribution in [0, 0.1) is 0 Å². The van der Waals surface area contributed by atoms with E-state index in [1.54, 1.807) is 24.3 Å². The maximum absolute atomic E-state index is 12.7. The fourth-order valence-electron chi connectivity index (χ4n) is 1.88. The Hall–Kier alpha value is -1.57. The van der Waals surface area contributed by atoms with E-state index in [4.69, 9.17) is 4.74 Å². The summed E-state index contributed by atoms with van der Waals surface area (Å²) in [6.45, 7) is 0.152. The molecule has 0 bridgehead atoms. The van der Waals surface area contributed by atoms with Crippen molar-refractivity contribution in [1.82, 2.24) is 4.90 Å². The second-order valence-corrected chi connectivity index (χ2v) is 5.45. The number of aliphatic imine (C=N–C) groups is 1. The van der Waals surface area contributed by atoms with E-state index in [0.29, 0.717) is 5.75 Å². The zero-order valence-electron chi connectivity index (χ0n) is 11.0. The second kappa shape index (κ2) is 6.05. The molecule has 1 aliphatic rings. The minimum atomic E-state index is -4.55. The number of carbonyl (C=O) groups is 1. The number of ether oxygens (including phenoxy) is 1. The molecule has 0 radical (unpaired) electrons. The van der Waals surface area contributed by atoms with Crippen molar-refractivity contribution in [2.24, 2.45) is 4.99 Å². The number of rotatable bonds is 3. The molecule has 0 saturated carbocycles. The van der Waals surface area contributed by atoms with Crippen LogP contribution in [0.4, 0.5) is 13.2 Å². The Morgan fingerprint density at radius 2 is 1.95 bits per heavy atom. The Labute approximate surface area is 127 Å². The van der Waals surface area contributed by atoms with Gasteiger partial charge in [-0.1, -0.05) is 28.1 Å². The number of benzene rings is 1. The molecule has 21 heavy (non-hydrogen) atoms. The van der Waals surface area contributed by atoms with E-state index in [-0.39, 0.29) is 6.54 Å². The molecule has 1 aliphatic heterocycles. The van der Waals surface area contributed by atoms with Gasteiger partial charge in [0.15, 0.2) is 6.04 Å². The van der Waals surface area contributed by atoms with Crippen molar-refractivity contribution in [3.05, 3.63) is 29.8 Å². The van der Waals surface area contributed by atoms with Gasteiger partial charge < -0.3 is 4.74 Å². The first-order valence-corrected chi connectivity index (χ1v) is 6.92. The highest BCUT2D eigenvalue weighted by Crippen LogP contribution is 2.31. The Morgan fingerprint density at radius 1 is 1.33 bits per heavy atom. The summed E-state index contributed by atoms with van der Waals surface area (Å²) in [4.78, 5) is 15.2. The normalized spacial score (nSPS) is 22.5. The summed E-state index contributed by atoms with van der Waals surface area (Å²) in [6.07, 6.45) is -3.60. The number of carbonyl (C=O) groups excluding carboxylic acids is 1. The lowest BCUT2D eigenvalue weighted by molar-refractivity contribution is -0.156. The number of halogens is 4. The van der Waals surface area contributed by atoms with Crippen LogP contribution in [0.2, 0.25) is 0 Å². The average Bonchev–Trinajstić information content (AvgIpc) is 2.43. The highest BCUT2D eigenvalue weighted by atomic mass is 79.9. The molecule has 0 aliphatic carbocycles. The van der Waals surface area contributed by atoms with Crippen molar-refractivity contribution < 1.29 is 22.7 Å². The third-order valence-electron chi connectivity index (χ3n) is 3.01. The second-order valence-electron chi connectivity index (χ2n) is 4.47. The lowest BCUT2D eigenvalue weighted by Crippen LogP contribution is -2.49. The molecule has 2 atom stereocenters. The van der Waals surface area contributed by atoms with Crippen LogP contribution in [0.25, 0.3) is 0 Å². The molecule has 1 aromatic carbocycles. The predicted molar refractivity (Wildman–Crippen MR) is 74.6 cm³/mol. The van der Waals surface area contributed by atoms with Crippen LogP contribution in [0.5, 0.6) is 5.75 Å². The van der Waals surface area contributed by atoms with Gasteiger partial charge in [-0.25, -0.2) is 0 Å². The number of amides is 1. The number of nitrogens with zero attached hydrogens (tertiary/aromatic N) is 2. The van der Waals surface area contributed by atoms with E-state index in [9.17, 15) is 18.0 Å². The van der Waals surface area contributed by atoms with Gasteiger partial charge in [0.2, 0.25) is 5.91 Å². The summed E-state index contributed by atoms with van der Waals surface area (Å²) in [5.74, 6) is -0.00367. The molecule has 0 saturated heterocycles. The minimum absolute atomic E-state index is 0.152. The molecule has 2 unspecified atom stereocenters. The number of methoxy groups -OCH3 is 1. The first-order chi connectivity index (χ1) is 9.82. The van der Waals surface area contributed by atoms with Crippen molar-refractivity contribution in [1.29, 1.82) is 0 Å². The molecular formula is C13H12BrF3N2O2. The van der Waals surface area contributed by atoms with Gasteiger partial charge in [-0.15, -0.1) is 0 Å². The average molecular weight is 365 g/mol. The molecule has 8 heteroatoms. The van der Waals surface area contributed by atoms with E-state index in [0.717, 1.165) is 16.8 Å². The first-order valence-electron chi connectivity index (χ1n) is 6.00. The number of hydrogen-bond donors (Lipinski definition) is 0. The third kappa shape index (κ3) is 3.55. The molecule has 0 N–H and O–H groups in total. The Kier molecular flexibility index (Phi) is 4.55. The maximum Gasteiger partial charge on any atom is 0.412 e. The summed E-state index contributed by atoms with van der Waals surface area (Å²) in [6, 6.07) is 4.85. The summed E-state index contributed by atoms with van der Waals surface area (Å²) in [5, 5.41) is 0. The van der Waals surface area contributed by atoms with Gasteiger partial charge in [0.1, 0.15) is 10.6 Å². The van der Waals surface area contributed by atoms with Crippen molar-refractivity contribution in [2.45, 2.75) is 23.6 Å². The largest absolute Gasteiger partial charge is 0.497 e.